The summed E-state index contributed by atoms with van der Waals surface area (Å²) in [6.45, 7) is 3.60. The highest BCUT2D eigenvalue weighted by Crippen LogP contribution is 2.62. The summed E-state index contributed by atoms with van der Waals surface area (Å²) in [7, 11) is 0. The van der Waals surface area contributed by atoms with Gasteiger partial charge in [0.05, 0.1) is 11.1 Å². The van der Waals surface area contributed by atoms with Crippen molar-refractivity contribution in [2.75, 3.05) is 0 Å². The van der Waals surface area contributed by atoms with Crippen LogP contribution < -0.4 is 0 Å². The van der Waals surface area contributed by atoms with E-state index < -0.39 is 35.0 Å². The minimum atomic E-state index is -2.15. The Kier molecular flexibility index (Phi) is 6.49. The van der Waals surface area contributed by atoms with Gasteiger partial charge in [-0.2, -0.15) is 0 Å². The number of carboxylic acids is 2. The first-order valence-corrected chi connectivity index (χ1v) is 13.8. The first-order valence-electron chi connectivity index (χ1n) is 13.8. The molecule has 2 aliphatic rings. The fourth-order valence-electron chi connectivity index (χ4n) is 7.08. The zero-order valence-corrected chi connectivity index (χ0v) is 23.2. The number of aryl methyl sites for hydroxylation is 2. The molecule has 4 aromatic rings. The van der Waals surface area contributed by atoms with Gasteiger partial charge in [-0.25, -0.2) is 9.59 Å². The Bertz CT molecular complexity index is 1680. The van der Waals surface area contributed by atoms with Crippen LogP contribution in [0, 0.1) is 13.8 Å². The molecule has 0 aromatic heterocycles. The van der Waals surface area contributed by atoms with Crippen LogP contribution in [-0.2, 0) is 20.8 Å². The van der Waals surface area contributed by atoms with Crippen molar-refractivity contribution < 1.29 is 30.0 Å². The summed E-state index contributed by atoms with van der Waals surface area (Å²) in [6, 6.07) is 28.5. The SMILES string of the molecule is Cc1ccccc1C1(O)C(C(=O)O)=Cc2ccccc2C1C1c2ccccc2C=C(C(=O)O)C1(O)c1ccccc1C. The topological polar surface area (TPSA) is 115 Å². The maximum atomic E-state index is 13.1. The molecule has 210 valence electrons. The summed E-state index contributed by atoms with van der Waals surface area (Å²) in [5.74, 6) is -4.84. The van der Waals surface area contributed by atoms with Crippen LogP contribution >= 0.6 is 0 Å². The van der Waals surface area contributed by atoms with Crippen molar-refractivity contribution in [2.24, 2.45) is 0 Å². The predicted octanol–water partition coefficient (Wildman–Crippen LogP) is 5.91. The number of hydrogen-bond donors (Lipinski definition) is 4. The molecule has 0 spiro atoms. The van der Waals surface area contributed by atoms with Crippen molar-refractivity contribution in [3.63, 3.8) is 0 Å². The van der Waals surface area contributed by atoms with Gasteiger partial charge in [-0.15, -0.1) is 0 Å². The summed E-state index contributed by atoms with van der Waals surface area (Å²) >= 11 is 0. The Morgan fingerprint density at radius 2 is 0.881 bits per heavy atom. The molecule has 0 saturated heterocycles. The molecule has 0 amide bonds. The summed E-state index contributed by atoms with van der Waals surface area (Å²) < 4.78 is 0. The highest BCUT2D eigenvalue weighted by molar-refractivity contribution is 5.99. The minimum absolute atomic E-state index is 0.253. The average molecular weight is 559 g/mol. The fourth-order valence-corrected chi connectivity index (χ4v) is 7.08. The van der Waals surface area contributed by atoms with Gasteiger partial charge in [-0.1, -0.05) is 97.1 Å². The van der Waals surface area contributed by atoms with Gasteiger partial charge in [0.1, 0.15) is 11.2 Å². The van der Waals surface area contributed by atoms with E-state index in [2.05, 4.69) is 0 Å². The summed E-state index contributed by atoms with van der Waals surface area (Å²) in [6.07, 6.45) is 2.96. The molecule has 0 saturated carbocycles. The Balaban J connectivity index is 1.80. The molecule has 0 aliphatic heterocycles. The molecule has 42 heavy (non-hydrogen) atoms. The second-order valence-electron chi connectivity index (χ2n) is 11.1. The lowest BCUT2D eigenvalue weighted by atomic mass is 9.54. The summed E-state index contributed by atoms with van der Waals surface area (Å²) in [4.78, 5) is 26.0. The lowest BCUT2D eigenvalue weighted by molar-refractivity contribution is -0.139. The van der Waals surface area contributed by atoms with Crippen LogP contribution in [0.1, 0.15) is 56.3 Å². The van der Waals surface area contributed by atoms with Crippen LogP contribution in [-0.4, -0.2) is 32.4 Å². The first-order chi connectivity index (χ1) is 20.1. The molecule has 4 atom stereocenters. The van der Waals surface area contributed by atoms with Crippen LogP contribution in [0.2, 0.25) is 0 Å². The molecule has 6 nitrogen and oxygen atoms in total. The normalized spacial score (nSPS) is 24.6. The third kappa shape index (κ3) is 3.87. The van der Waals surface area contributed by atoms with E-state index in [4.69, 9.17) is 0 Å². The molecular formula is C36H30O6. The van der Waals surface area contributed by atoms with E-state index >= 15 is 0 Å². The molecule has 6 heteroatoms. The molecule has 0 bridgehead atoms. The lowest BCUT2D eigenvalue weighted by Crippen LogP contribution is -2.51. The molecular weight excluding hydrogens is 528 g/mol. The quantitative estimate of drug-likeness (QED) is 0.242. The fraction of sp³-hybridized carbons (Fsp3) is 0.167. The molecule has 0 fully saturated rings. The van der Waals surface area contributed by atoms with Crippen LogP contribution in [0.5, 0.6) is 0 Å². The van der Waals surface area contributed by atoms with Gasteiger partial charge in [-0.3, -0.25) is 0 Å². The van der Waals surface area contributed by atoms with Gasteiger partial charge in [0.2, 0.25) is 0 Å². The van der Waals surface area contributed by atoms with Crippen molar-refractivity contribution in [3.05, 3.63) is 153 Å². The highest BCUT2D eigenvalue weighted by atomic mass is 16.4. The molecule has 4 N–H and O–H groups in total. The van der Waals surface area contributed by atoms with Crippen molar-refractivity contribution in [1.29, 1.82) is 0 Å². The van der Waals surface area contributed by atoms with Crippen LogP contribution in [0.3, 0.4) is 0 Å². The standard InChI is InChI=1S/C36H30O6/c1-21-11-3-9-17-27(21)35(41)29(33(37)38)19-23-13-5-7-15-25(23)31(35)32-26-16-8-6-14-24(26)20-30(34(39)40)36(32,42)28-18-10-4-12-22(28)2/h3-20,31-32,41-42H,1-2H3,(H,37,38)(H,39,40). The molecule has 0 radical (unpaired) electrons. The minimum Gasteiger partial charge on any atom is -0.478 e. The van der Waals surface area contributed by atoms with Crippen molar-refractivity contribution in [3.8, 4) is 0 Å². The van der Waals surface area contributed by atoms with Crippen LogP contribution in [0.4, 0.5) is 0 Å². The molecule has 6 rings (SSSR count). The van der Waals surface area contributed by atoms with Crippen molar-refractivity contribution in [2.45, 2.75) is 36.9 Å². The van der Waals surface area contributed by atoms with Gasteiger partial charge in [-0.05, 0) is 70.5 Å². The zero-order chi connectivity index (χ0) is 29.8. The van der Waals surface area contributed by atoms with Crippen LogP contribution in [0.15, 0.2) is 108 Å². The Labute approximate surface area is 243 Å². The lowest BCUT2D eigenvalue weighted by Gasteiger charge is -2.52. The third-order valence-corrected chi connectivity index (χ3v) is 8.89. The van der Waals surface area contributed by atoms with E-state index in [-0.39, 0.29) is 11.1 Å². The summed E-state index contributed by atoms with van der Waals surface area (Å²) in [5, 5.41) is 47.4. The number of carboxylic acid groups (broad SMARTS) is 2. The van der Waals surface area contributed by atoms with Gasteiger partial charge < -0.3 is 20.4 Å². The van der Waals surface area contributed by atoms with Gasteiger partial charge in [0.25, 0.3) is 0 Å². The van der Waals surface area contributed by atoms with Crippen LogP contribution in [0.25, 0.3) is 12.2 Å². The molecule has 2 aliphatic carbocycles. The number of rotatable bonds is 5. The number of aliphatic carboxylic acids is 2. The number of hydrogen-bond acceptors (Lipinski definition) is 4. The van der Waals surface area contributed by atoms with E-state index in [0.29, 0.717) is 44.5 Å². The Morgan fingerprint density at radius 1 is 0.548 bits per heavy atom. The van der Waals surface area contributed by atoms with E-state index in [1.807, 2.05) is 24.3 Å². The predicted molar refractivity (Wildman–Crippen MR) is 160 cm³/mol. The maximum absolute atomic E-state index is 13.1. The van der Waals surface area contributed by atoms with Gasteiger partial charge in [0.15, 0.2) is 0 Å². The zero-order valence-electron chi connectivity index (χ0n) is 23.2. The molecule has 4 unspecified atom stereocenters. The molecule has 4 aromatic carbocycles. The van der Waals surface area contributed by atoms with E-state index in [1.54, 1.807) is 86.6 Å². The monoisotopic (exact) mass is 558 g/mol. The van der Waals surface area contributed by atoms with Gasteiger partial charge >= 0.3 is 11.9 Å². The number of benzene rings is 4. The number of carbonyl (C=O) groups is 2. The average Bonchev–Trinajstić information content (AvgIpc) is 2.97. The van der Waals surface area contributed by atoms with Crippen molar-refractivity contribution >= 4 is 24.1 Å². The Morgan fingerprint density at radius 3 is 1.24 bits per heavy atom. The Hall–Kier alpha value is -4.78. The third-order valence-electron chi connectivity index (χ3n) is 8.89. The smallest absolute Gasteiger partial charge is 0.334 e. The number of fused-ring (bicyclic) bond motifs is 2. The first kappa shape index (κ1) is 27.4. The van der Waals surface area contributed by atoms with Gasteiger partial charge in [0, 0.05) is 11.8 Å². The van der Waals surface area contributed by atoms with E-state index in [1.165, 1.54) is 12.2 Å². The van der Waals surface area contributed by atoms with Crippen molar-refractivity contribution in [1.82, 2.24) is 0 Å². The molecule has 0 heterocycles. The van der Waals surface area contributed by atoms with E-state index in [9.17, 15) is 30.0 Å². The van der Waals surface area contributed by atoms with E-state index in [0.717, 1.165) is 0 Å². The second-order valence-corrected chi connectivity index (χ2v) is 11.1. The highest BCUT2D eigenvalue weighted by Gasteiger charge is 2.60. The maximum Gasteiger partial charge on any atom is 0.334 e. The second kappa shape index (κ2) is 9.94. The largest absolute Gasteiger partial charge is 0.478 e. The summed E-state index contributed by atoms with van der Waals surface area (Å²) in [5.41, 5.74) is -0.386. The number of aliphatic hydroxyl groups is 2.